The van der Waals surface area contributed by atoms with E-state index in [1.807, 2.05) is 37.0 Å². The average Bonchev–Trinajstić information content (AvgIpc) is 3.68. The molecular formula is C33H37F6N5O4. The molecule has 1 saturated carbocycles. The van der Waals surface area contributed by atoms with E-state index in [0.717, 1.165) is 5.56 Å². The van der Waals surface area contributed by atoms with E-state index in [9.17, 15) is 41.0 Å². The van der Waals surface area contributed by atoms with Crippen LogP contribution in [0.4, 0.5) is 37.1 Å². The van der Waals surface area contributed by atoms with Crippen LogP contribution in [-0.2, 0) is 35.5 Å². The van der Waals surface area contributed by atoms with Crippen LogP contribution < -0.4 is 4.90 Å². The summed E-state index contributed by atoms with van der Waals surface area (Å²) < 4.78 is 89.8. The fourth-order valence-corrected chi connectivity index (χ4v) is 6.54. The summed E-state index contributed by atoms with van der Waals surface area (Å²) in [5.74, 6) is -1.12. The summed E-state index contributed by atoms with van der Waals surface area (Å²) in [4.78, 5) is 36.6. The Labute approximate surface area is 273 Å². The quantitative estimate of drug-likeness (QED) is 0.235. The number of carboxylic acid groups (broad SMARTS) is 1. The number of anilines is 1. The lowest BCUT2D eigenvalue weighted by molar-refractivity contribution is -0.144. The maximum atomic E-state index is 13.7. The van der Waals surface area contributed by atoms with E-state index in [4.69, 9.17) is 4.74 Å². The van der Waals surface area contributed by atoms with E-state index in [-0.39, 0.29) is 49.2 Å². The third-order valence-corrected chi connectivity index (χ3v) is 9.24. The average molecular weight is 682 g/mol. The highest BCUT2D eigenvalue weighted by molar-refractivity contribution is 5.70. The molecule has 2 aromatic heterocycles. The maximum Gasteiger partial charge on any atom is 0.416 e. The van der Waals surface area contributed by atoms with Gasteiger partial charge in [0.05, 0.1) is 29.7 Å². The van der Waals surface area contributed by atoms with Gasteiger partial charge in [0.2, 0.25) is 5.95 Å². The zero-order chi connectivity index (χ0) is 34.8. The van der Waals surface area contributed by atoms with Gasteiger partial charge < -0.3 is 24.2 Å². The minimum atomic E-state index is -5.01. The number of benzene rings is 1. The lowest BCUT2D eigenvalue weighted by Gasteiger charge is -2.30. The minimum absolute atomic E-state index is 0.0276. The number of hydrogen-bond donors (Lipinski definition) is 1. The number of carbonyl (C=O) groups excluding carboxylic acids is 1. The number of carbonyl (C=O) groups is 2. The normalized spacial score (nSPS) is 21.7. The molecule has 1 unspecified atom stereocenters. The standard InChI is InChI=1S/C33H37F6N5O4/c1-3-27-13-28(18-44(27)31(47)48-19-20-4-6-22(7-5-20)29(45)46)43(30-40-14-24(15-41-30)23-8-9-42(2)17-23)16-21-10-25(32(34,35)36)12-26(11-21)33(37,38)39/h8-12,14-15,17,20,22,27-28H,3-7,13,16,18-19H2,1-2H3,(H,45,46)/t20?,22?,27-,28?/m1/s1. The van der Waals surface area contributed by atoms with E-state index >= 15 is 0 Å². The number of amides is 1. The molecule has 2 fully saturated rings. The Bertz CT molecular complexity index is 1550. The zero-order valence-corrected chi connectivity index (χ0v) is 26.5. The molecule has 48 heavy (non-hydrogen) atoms. The van der Waals surface area contributed by atoms with Crippen molar-refractivity contribution in [1.82, 2.24) is 19.4 Å². The van der Waals surface area contributed by atoms with Crippen LogP contribution in [0.3, 0.4) is 0 Å². The van der Waals surface area contributed by atoms with Gasteiger partial charge in [-0.25, -0.2) is 14.8 Å². The Hall–Kier alpha value is -4.30. The van der Waals surface area contributed by atoms with Crippen molar-refractivity contribution < 1.29 is 45.8 Å². The second-order valence-electron chi connectivity index (χ2n) is 12.6. The maximum absolute atomic E-state index is 13.7. The predicted molar refractivity (Wildman–Crippen MR) is 163 cm³/mol. The molecule has 3 heterocycles. The molecule has 1 aromatic carbocycles. The molecule has 2 aliphatic rings. The summed E-state index contributed by atoms with van der Waals surface area (Å²) in [6.07, 6.45) is -0.728. The van der Waals surface area contributed by atoms with Crippen LogP contribution in [-0.4, -0.2) is 61.8 Å². The van der Waals surface area contributed by atoms with Gasteiger partial charge in [-0.15, -0.1) is 0 Å². The number of aryl methyl sites for hydroxylation is 1. The fourth-order valence-electron chi connectivity index (χ4n) is 6.54. The van der Waals surface area contributed by atoms with Crippen molar-refractivity contribution in [2.45, 2.75) is 76.4 Å². The summed E-state index contributed by atoms with van der Waals surface area (Å²) in [7, 11) is 1.84. The number of aromatic nitrogens is 3. The molecule has 1 aliphatic carbocycles. The van der Waals surface area contributed by atoms with Gasteiger partial charge in [-0.1, -0.05) is 6.92 Å². The van der Waals surface area contributed by atoms with Crippen molar-refractivity contribution in [1.29, 1.82) is 0 Å². The summed E-state index contributed by atoms with van der Waals surface area (Å²) in [5.41, 5.74) is -1.60. The highest BCUT2D eigenvalue weighted by Crippen LogP contribution is 2.38. The minimum Gasteiger partial charge on any atom is -0.481 e. The first-order valence-corrected chi connectivity index (χ1v) is 15.8. The Morgan fingerprint density at radius 3 is 2.12 bits per heavy atom. The number of aliphatic carboxylic acids is 1. The van der Waals surface area contributed by atoms with Gasteiger partial charge in [-0.2, -0.15) is 26.3 Å². The van der Waals surface area contributed by atoms with Gasteiger partial charge in [-0.05, 0) is 74.3 Å². The van der Waals surface area contributed by atoms with E-state index in [1.165, 1.54) is 17.3 Å². The Kier molecular flexibility index (Phi) is 10.2. The second-order valence-corrected chi connectivity index (χ2v) is 12.6. The number of likely N-dealkylation sites (tertiary alicyclic amines) is 1. The van der Waals surface area contributed by atoms with Crippen LogP contribution in [0.5, 0.6) is 0 Å². The molecule has 3 aromatic rings. The molecule has 9 nitrogen and oxygen atoms in total. The zero-order valence-electron chi connectivity index (χ0n) is 26.5. The van der Waals surface area contributed by atoms with E-state index < -0.39 is 47.5 Å². The molecule has 5 rings (SSSR count). The third kappa shape index (κ3) is 8.21. The van der Waals surface area contributed by atoms with Crippen LogP contribution in [0, 0.1) is 11.8 Å². The molecule has 2 atom stereocenters. The van der Waals surface area contributed by atoms with Crippen molar-refractivity contribution in [3.63, 3.8) is 0 Å². The Balaban J connectivity index is 1.40. The van der Waals surface area contributed by atoms with E-state index in [2.05, 4.69) is 9.97 Å². The van der Waals surface area contributed by atoms with Crippen LogP contribution in [0.15, 0.2) is 49.1 Å². The van der Waals surface area contributed by atoms with Gasteiger partial charge in [0.15, 0.2) is 0 Å². The van der Waals surface area contributed by atoms with Crippen molar-refractivity contribution in [3.05, 3.63) is 65.7 Å². The lowest BCUT2D eigenvalue weighted by atomic mass is 9.82. The van der Waals surface area contributed by atoms with Crippen LogP contribution in [0.25, 0.3) is 11.1 Å². The highest BCUT2D eigenvalue weighted by atomic mass is 19.4. The van der Waals surface area contributed by atoms with Crippen LogP contribution in [0.1, 0.15) is 62.1 Å². The van der Waals surface area contributed by atoms with Crippen LogP contribution in [0.2, 0.25) is 0 Å². The van der Waals surface area contributed by atoms with E-state index in [1.54, 1.807) is 4.90 Å². The van der Waals surface area contributed by atoms with Crippen molar-refractivity contribution in [2.75, 3.05) is 18.1 Å². The molecule has 15 heteroatoms. The molecule has 1 N–H and O–H groups in total. The highest BCUT2D eigenvalue weighted by Gasteiger charge is 2.41. The summed E-state index contributed by atoms with van der Waals surface area (Å²) in [6, 6.07) is 2.45. The topological polar surface area (TPSA) is 101 Å². The second kappa shape index (κ2) is 14.0. The smallest absolute Gasteiger partial charge is 0.416 e. The molecule has 0 bridgehead atoms. The number of ether oxygens (including phenoxy) is 1. The third-order valence-electron chi connectivity index (χ3n) is 9.24. The number of alkyl halides is 6. The SMILES string of the molecule is CC[C@@H]1CC(N(Cc2cc(C(F)(F)F)cc(C(F)(F)F)c2)c2ncc(-c3ccn(C)c3)cn2)CN1C(=O)OCC1CCC(C(=O)O)CC1. The number of rotatable bonds is 9. The summed E-state index contributed by atoms with van der Waals surface area (Å²) in [6.45, 7) is 1.70. The van der Waals surface area contributed by atoms with Crippen molar-refractivity contribution >= 4 is 18.0 Å². The Morgan fingerprint density at radius 1 is 0.979 bits per heavy atom. The monoisotopic (exact) mass is 681 g/mol. The number of nitrogens with zero attached hydrogens (tertiary/aromatic N) is 5. The lowest BCUT2D eigenvalue weighted by Crippen LogP contribution is -2.41. The summed E-state index contributed by atoms with van der Waals surface area (Å²) >= 11 is 0. The molecule has 1 aliphatic heterocycles. The van der Waals surface area contributed by atoms with Gasteiger partial charge in [-0.3, -0.25) is 4.79 Å². The first-order chi connectivity index (χ1) is 22.6. The first-order valence-electron chi connectivity index (χ1n) is 15.8. The molecule has 0 radical (unpaired) electrons. The largest absolute Gasteiger partial charge is 0.481 e. The van der Waals surface area contributed by atoms with E-state index in [0.29, 0.717) is 56.2 Å². The van der Waals surface area contributed by atoms with Gasteiger partial charge in [0, 0.05) is 62.1 Å². The van der Waals surface area contributed by atoms with Gasteiger partial charge >= 0.3 is 24.4 Å². The fraction of sp³-hybridized carbons (Fsp3) is 0.515. The molecule has 1 amide bonds. The van der Waals surface area contributed by atoms with Crippen molar-refractivity contribution in [2.24, 2.45) is 18.9 Å². The molecule has 260 valence electrons. The van der Waals surface area contributed by atoms with Crippen LogP contribution >= 0.6 is 0 Å². The van der Waals surface area contributed by atoms with Crippen molar-refractivity contribution in [3.8, 4) is 11.1 Å². The summed E-state index contributed by atoms with van der Waals surface area (Å²) in [5, 5.41) is 9.25. The predicted octanol–water partition coefficient (Wildman–Crippen LogP) is 7.41. The molecular weight excluding hydrogens is 644 g/mol. The van der Waals surface area contributed by atoms with Gasteiger partial charge in [0.1, 0.15) is 0 Å². The number of carboxylic acids is 1. The number of halogens is 6. The van der Waals surface area contributed by atoms with Gasteiger partial charge in [0.25, 0.3) is 0 Å². The number of hydrogen-bond acceptors (Lipinski definition) is 6. The molecule has 0 spiro atoms. The first kappa shape index (κ1) is 35.0. The molecule has 1 saturated heterocycles. The Morgan fingerprint density at radius 2 is 1.60 bits per heavy atom.